The molecule has 1 N–H and O–H groups in total. The molecule has 24 heavy (non-hydrogen) atoms. The van der Waals surface area contributed by atoms with Gasteiger partial charge in [0.25, 0.3) is 0 Å². The summed E-state index contributed by atoms with van der Waals surface area (Å²) in [7, 11) is 0. The van der Waals surface area contributed by atoms with Gasteiger partial charge >= 0.3 is 0 Å². The van der Waals surface area contributed by atoms with Gasteiger partial charge in [-0.15, -0.1) is 11.8 Å². The van der Waals surface area contributed by atoms with E-state index in [9.17, 15) is 9.59 Å². The number of amides is 2. The third kappa shape index (κ3) is 6.05. The summed E-state index contributed by atoms with van der Waals surface area (Å²) in [4.78, 5) is 28.1. The van der Waals surface area contributed by atoms with E-state index in [4.69, 9.17) is 0 Å². The maximum Gasteiger partial charge on any atom is 0.238 e. The zero-order chi connectivity index (χ0) is 17.2. The van der Waals surface area contributed by atoms with Gasteiger partial charge in [0.15, 0.2) is 0 Å². The van der Waals surface area contributed by atoms with Gasteiger partial charge < -0.3 is 10.2 Å². The summed E-state index contributed by atoms with van der Waals surface area (Å²) in [5.41, 5.74) is 0.812. The Kier molecular flexibility index (Phi) is 7.31. The molecule has 0 bridgehead atoms. The first-order valence-corrected chi connectivity index (χ1v) is 8.43. The minimum Gasteiger partial charge on any atom is -0.340 e. The van der Waals surface area contributed by atoms with Crippen LogP contribution in [0.25, 0.3) is 0 Å². The van der Waals surface area contributed by atoms with E-state index in [1.807, 2.05) is 42.2 Å². The Labute approximate surface area is 144 Å². The van der Waals surface area contributed by atoms with Crippen molar-refractivity contribution in [2.75, 3.05) is 38.0 Å². The molecule has 0 unspecified atom stereocenters. The molecule has 0 aliphatic carbocycles. The maximum atomic E-state index is 12.1. The van der Waals surface area contributed by atoms with E-state index in [1.54, 1.807) is 0 Å². The summed E-state index contributed by atoms with van der Waals surface area (Å²) in [6, 6.07) is 9.45. The molecule has 2 rings (SSSR count). The summed E-state index contributed by atoms with van der Waals surface area (Å²) in [6.45, 7) is 5.04. The zero-order valence-corrected chi connectivity index (χ0v) is 14.3. The van der Waals surface area contributed by atoms with E-state index in [2.05, 4.69) is 22.1 Å². The Morgan fingerprint density at radius 1 is 1.12 bits per heavy atom. The van der Waals surface area contributed by atoms with Gasteiger partial charge in [-0.25, -0.2) is 0 Å². The Balaban J connectivity index is 1.67. The number of nitrogens with zero attached hydrogens (tertiary/aromatic N) is 2. The molecule has 5 heteroatoms. The monoisotopic (exact) mass is 327 g/mol. The SMILES string of the molecule is CC#CCCCC(=O)N1CCN(CC(=O)Nc2ccccc2)CC1. The second-order valence-corrected chi connectivity index (χ2v) is 5.85. The van der Waals surface area contributed by atoms with Gasteiger partial charge in [-0.05, 0) is 25.5 Å². The fraction of sp³-hybridized carbons (Fsp3) is 0.474. The van der Waals surface area contributed by atoms with Gasteiger partial charge in [-0.2, -0.15) is 0 Å². The summed E-state index contributed by atoms with van der Waals surface area (Å²) in [5, 5.41) is 2.89. The van der Waals surface area contributed by atoms with Crippen molar-refractivity contribution in [1.82, 2.24) is 9.80 Å². The fourth-order valence-electron chi connectivity index (χ4n) is 2.69. The molecule has 2 amide bonds. The fourth-order valence-corrected chi connectivity index (χ4v) is 2.69. The van der Waals surface area contributed by atoms with Crippen LogP contribution in [0.15, 0.2) is 30.3 Å². The van der Waals surface area contributed by atoms with Gasteiger partial charge in [0.1, 0.15) is 0 Å². The van der Waals surface area contributed by atoms with E-state index in [0.29, 0.717) is 26.1 Å². The predicted octanol–water partition coefficient (Wildman–Crippen LogP) is 1.96. The van der Waals surface area contributed by atoms with E-state index in [1.165, 1.54) is 0 Å². The third-order valence-electron chi connectivity index (χ3n) is 4.02. The van der Waals surface area contributed by atoms with Gasteiger partial charge in [-0.1, -0.05) is 18.2 Å². The number of carbonyl (C=O) groups excluding carboxylic acids is 2. The number of unbranched alkanes of at least 4 members (excludes halogenated alkanes) is 1. The van der Waals surface area contributed by atoms with Gasteiger partial charge in [0.2, 0.25) is 11.8 Å². The zero-order valence-electron chi connectivity index (χ0n) is 14.3. The van der Waals surface area contributed by atoms with Crippen LogP contribution in [0.1, 0.15) is 26.2 Å². The van der Waals surface area contributed by atoms with Crippen LogP contribution in [0.4, 0.5) is 5.69 Å². The molecule has 0 aromatic heterocycles. The summed E-state index contributed by atoms with van der Waals surface area (Å²) in [5.74, 6) is 6.01. The lowest BCUT2D eigenvalue weighted by atomic mass is 10.2. The van der Waals surface area contributed by atoms with Gasteiger partial charge in [0, 0.05) is 44.7 Å². The first-order chi connectivity index (χ1) is 11.7. The Bertz CT molecular complexity index is 596. The third-order valence-corrected chi connectivity index (χ3v) is 4.02. The topological polar surface area (TPSA) is 52.7 Å². The molecule has 1 aliphatic heterocycles. The molecule has 1 fully saturated rings. The van der Waals surface area contributed by atoms with Crippen LogP contribution < -0.4 is 5.32 Å². The maximum absolute atomic E-state index is 12.1. The normalized spacial score (nSPS) is 14.6. The molecule has 1 heterocycles. The largest absolute Gasteiger partial charge is 0.340 e. The number of nitrogens with one attached hydrogen (secondary N) is 1. The highest BCUT2D eigenvalue weighted by molar-refractivity contribution is 5.92. The molecule has 0 spiro atoms. The summed E-state index contributed by atoms with van der Waals surface area (Å²) < 4.78 is 0. The number of anilines is 1. The lowest BCUT2D eigenvalue weighted by Gasteiger charge is -2.34. The molecule has 128 valence electrons. The average molecular weight is 327 g/mol. The average Bonchev–Trinajstić information content (AvgIpc) is 2.60. The Morgan fingerprint density at radius 2 is 1.83 bits per heavy atom. The van der Waals surface area contributed by atoms with Crippen molar-refractivity contribution in [3.05, 3.63) is 30.3 Å². The van der Waals surface area contributed by atoms with Crippen LogP contribution in [0.2, 0.25) is 0 Å². The lowest BCUT2D eigenvalue weighted by molar-refractivity contribution is -0.133. The lowest BCUT2D eigenvalue weighted by Crippen LogP contribution is -2.50. The minimum absolute atomic E-state index is 0.0147. The second kappa shape index (κ2) is 9.74. The van der Waals surface area contributed by atoms with Crippen molar-refractivity contribution < 1.29 is 9.59 Å². The predicted molar refractivity (Wildman–Crippen MR) is 95.4 cm³/mol. The van der Waals surface area contributed by atoms with Crippen molar-refractivity contribution in [1.29, 1.82) is 0 Å². The van der Waals surface area contributed by atoms with Crippen LogP contribution in [0.3, 0.4) is 0 Å². The van der Waals surface area contributed by atoms with Crippen LogP contribution in [-0.4, -0.2) is 54.3 Å². The van der Waals surface area contributed by atoms with Gasteiger partial charge in [-0.3, -0.25) is 14.5 Å². The van der Waals surface area contributed by atoms with Crippen molar-refractivity contribution in [3.8, 4) is 11.8 Å². The number of benzene rings is 1. The number of hydrogen-bond donors (Lipinski definition) is 1. The van der Waals surface area contributed by atoms with Crippen molar-refractivity contribution in [2.45, 2.75) is 26.2 Å². The standard InChI is InChI=1S/C19H25N3O2/c1-2-3-4-8-11-19(24)22-14-12-21(13-15-22)16-18(23)20-17-9-6-5-7-10-17/h5-7,9-10H,4,8,11-16H2,1H3,(H,20,23). The first kappa shape index (κ1) is 18.0. The quantitative estimate of drug-likeness (QED) is 0.642. The molecular formula is C19H25N3O2. The van der Waals surface area contributed by atoms with Crippen molar-refractivity contribution in [3.63, 3.8) is 0 Å². The molecule has 1 aromatic rings. The molecule has 1 aromatic carbocycles. The highest BCUT2D eigenvalue weighted by Gasteiger charge is 2.21. The molecule has 1 saturated heterocycles. The number of hydrogen-bond acceptors (Lipinski definition) is 3. The minimum atomic E-state index is -0.0147. The van der Waals surface area contributed by atoms with E-state index in [-0.39, 0.29) is 11.8 Å². The first-order valence-electron chi connectivity index (χ1n) is 8.43. The summed E-state index contributed by atoms with van der Waals surface area (Å²) in [6.07, 6.45) is 2.16. The van der Waals surface area contributed by atoms with Gasteiger partial charge in [0.05, 0.1) is 6.54 Å². The highest BCUT2D eigenvalue weighted by Crippen LogP contribution is 2.08. The summed E-state index contributed by atoms with van der Waals surface area (Å²) >= 11 is 0. The number of rotatable bonds is 6. The Morgan fingerprint density at radius 3 is 2.50 bits per heavy atom. The number of piperazine rings is 1. The molecule has 5 nitrogen and oxygen atoms in total. The molecule has 0 radical (unpaired) electrons. The van der Waals surface area contributed by atoms with Crippen molar-refractivity contribution >= 4 is 17.5 Å². The molecule has 0 saturated carbocycles. The molecular weight excluding hydrogens is 302 g/mol. The van der Waals surface area contributed by atoms with Crippen molar-refractivity contribution in [2.24, 2.45) is 0 Å². The van der Waals surface area contributed by atoms with E-state index < -0.39 is 0 Å². The van der Waals surface area contributed by atoms with Crippen LogP contribution in [0, 0.1) is 11.8 Å². The van der Waals surface area contributed by atoms with E-state index in [0.717, 1.165) is 31.6 Å². The number of carbonyl (C=O) groups is 2. The van der Waals surface area contributed by atoms with E-state index >= 15 is 0 Å². The molecule has 0 atom stereocenters. The van der Waals surface area contributed by atoms with Crippen LogP contribution in [0.5, 0.6) is 0 Å². The smallest absolute Gasteiger partial charge is 0.238 e. The number of para-hydroxylation sites is 1. The molecule has 1 aliphatic rings. The van der Waals surface area contributed by atoms with Crippen LogP contribution in [-0.2, 0) is 9.59 Å². The highest BCUT2D eigenvalue weighted by atomic mass is 16.2. The van der Waals surface area contributed by atoms with Crippen LogP contribution >= 0.6 is 0 Å². The second-order valence-electron chi connectivity index (χ2n) is 5.85. The Hall–Kier alpha value is -2.32.